The van der Waals surface area contributed by atoms with Crippen molar-refractivity contribution in [2.45, 2.75) is 51.7 Å². The van der Waals surface area contributed by atoms with Gasteiger partial charge in [0.15, 0.2) is 11.5 Å². The maximum atomic E-state index is 13.3. The first kappa shape index (κ1) is 26.2. The Kier molecular flexibility index (Phi) is 7.97. The van der Waals surface area contributed by atoms with Gasteiger partial charge in [0.05, 0.1) is 10.2 Å². The molecule has 5 rings (SSSR count). The van der Waals surface area contributed by atoms with E-state index in [0.717, 1.165) is 46.6 Å². The van der Waals surface area contributed by atoms with E-state index in [2.05, 4.69) is 52.2 Å². The molecule has 1 aliphatic heterocycles. The topological polar surface area (TPSA) is 84.9 Å². The zero-order valence-corrected chi connectivity index (χ0v) is 23.3. The Balaban J connectivity index is 1.41. The number of imide groups is 2. The molecule has 3 aromatic carbocycles. The highest BCUT2D eigenvalue weighted by Gasteiger charge is 2.40. The van der Waals surface area contributed by atoms with Crippen LogP contribution in [0.25, 0.3) is 16.8 Å². The molecular formula is C30H29IN2O5. The molecule has 196 valence electrons. The molecule has 8 heteroatoms. The molecule has 1 N–H and O–H groups in total. The minimum Gasteiger partial charge on any atom is -0.490 e. The van der Waals surface area contributed by atoms with Crippen molar-refractivity contribution in [3.63, 3.8) is 0 Å². The third kappa shape index (κ3) is 5.55. The van der Waals surface area contributed by atoms with E-state index in [0.29, 0.717) is 30.3 Å². The average molecular weight is 624 g/mol. The Morgan fingerprint density at radius 1 is 0.974 bits per heavy atom. The Bertz CT molecular complexity index is 1430. The lowest BCUT2D eigenvalue weighted by Crippen LogP contribution is -2.58. The first-order chi connectivity index (χ1) is 18.4. The quantitative estimate of drug-likeness (QED) is 0.192. The van der Waals surface area contributed by atoms with Gasteiger partial charge in [0, 0.05) is 6.04 Å². The van der Waals surface area contributed by atoms with Crippen molar-refractivity contribution < 1.29 is 23.9 Å². The zero-order chi connectivity index (χ0) is 26.6. The number of nitrogens with zero attached hydrogens (tertiary/aromatic N) is 1. The normalized spacial score (nSPS) is 17.7. The number of amides is 4. The van der Waals surface area contributed by atoms with E-state index < -0.39 is 17.8 Å². The maximum absolute atomic E-state index is 13.3. The van der Waals surface area contributed by atoms with E-state index in [1.54, 1.807) is 6.07 Å². The SMILES string of the molecule is CCOc1cc(C=C2C(=O)NC(=O)N(C3CCCCC3)C2=O)cc(I)c1OCc1ccc2ccccc2c1. The van der Waals surface area contributed by atoms with E-state index in [-0.39, 0.29) is 11.6 Å². The first-order valence-electron chi connectivity index (χ1n) is 12.9. The number of carbonyl (C=O) groups excluding carboxylic acids is 3. The molecule has 0 spiro atoms. The van der Waals surface area contributed by atoms with Gasteiger partial charge in [-0.05, 0) is 88.5 Å². The summed E-state index contributed by atoms with van der Waals surface area (Å²) in [6.07, 6.45) is 6.07. The molecule has 3 aromatic rings. The maximum Gasteiger partial charge on any atom is 0.331 e. The Labute approximate surface area is 235 Å². The van der Waals surface area contributed by atoms with Crippen LogP contribution in [0.15, 0.2) is 60.2 Å². The minimum absolute atomic E-state index is 0.0572. The number of ether oxygens (including phenoxy) is 2. The molecule has 1 aliphatic carbocycles. The van der Waals surface area contributed by atoms with E-state index in [1.165, 1.54) is 16.4 Å². The van der Waals surface area contributed by atoms with Crippen LogP contribution < -0.4 is 14.8 Å². The van der Waals surface area contributed by atoms with Gasteiger partial charge in [0.1, 0.15) is 12.2 Å². The van der Waals surface area contributed by atoms with Crippen LogP contribution in [0.3, 0.4) is 0 Å². The van der Waals surface area contributed by atoms with Crippen molar-refractivity contribution in [3.05, 3.63) is 74.9 Å². The van der Waals surface area contributed by atoms with Gasteiger partial charge in [-0.2, -0.15) is 0 Å². The monoisotopic (exact) mass is 624 g/mol. The highest BCUT2D eigenvalue weighted by Crippen LogP contribution is 2.36. The Hall–Kier alpha value is -3.40. The molecule has 4 amide bonds. The summed E-state index contributed by atoms with van der Waals surface area (Å²) in [4.78, 5) is 39.7. The number of fused-ring (bicyclic) bond motifs is 1. The third-order valence-electron chi connectivity index (χ3n) is 6.91. The molecule has 0 aromatic heterocycles. The number of hydrogen-bond acceptors (Lipinski definition) is 5. The number of benzene rings is 3. The van der Waals surface area contributed by atoms with Gasteiger partial charge in [0.2, 0.25) is 0 Å². The van der Waals surface area contributed by atoms with Crippen LogP contribution in [0.1, 0.15) is 50.2 Å². The van der Waals surface area contributed by atoms with Crippen LogP contribution >= 0.6 is 22.6 Å². The highest BCUT2D eigenvalue weighted by molar-refractivity contribution is 14.1. The molecule has 1 saturated carbocycles. The predicted molar refractivity (Wildman–Crippen MR) is 154 cm³/mol. The van der Waals surface area contributed by atoms with Crippen LogP contribution in [0.4, 0.5) is 4.79 Å². The van der Waals surface area contributed by atoms with Crippen LogP contribution in [0, 0.1) is 3.57 Å². The summed E-state index contributed by atoms with van der Waals surface area (Å²) >= 11 is 2.17. The van der Waals surface area contributed by atoms with Gasteiger partial charge in [0.25, 0.3) is 11.8 Å². The molecule has 0 unspecified atom stereocenters. The number of barbiturate groups is 1. The van der Waals surface area contributed by atoms with Gasteiger partial charge >= 0.3 is 6.03 Å². The van der Waals surface area contributed by atoms with E-state index in [9.17, 15) is 14.4 Å². The van der Waals surface area contributed by atoms with Gasteiger partial charge < -0.3 is 9.47 Å². The van der Waals surface area contributed by atoms with Crippen LogP contribution in [-0.2, 0) is 16.2 Å². The minimum atomic E-state index is -0.684. The molecule has 38 heavy (non-hydrogen) atoms. The van der Waals surface area contributed by atoms with Gasteiger partial charge in [-0.3, -0.25) is 19.8 Å². The predicted octanol–water partition coefficient (Wildman–Crippen LogP) is 6.22. The Morgan fingerprint density at radius 2 is 1.74 bits per heavy atom. The van der Waals surface area contributed by atoms with E-state index in [4.69, 9.17) is 9.47 Å². The number of carbonyl (C=O) groups is 3. The van der Waals surface area contributed by atoms with Gasteiger partial charge in [-0.1, -0.05) is 55.7 Å². The molecule has 0 radical (unpaired) electrons. The fourth-order valence-corrected chi connectivity index (χ4v) is 5.85. The van der Waals surface area contributed by atoms with Crippen molar-refractivity contribution in [2.24, 2.45) is 0 Å². The van der Waals surface area contributed by atoms with E-state index in [1.807, 2.05) is 31.2 Å². The molecule has 7 nitrogen and oxygen atoms in total. The fourth-order valence-electron chi connectivity index (χ4n) is 5.07. The molecule has 0 bridgehead atoms. The van der Waals surface area contributed by atoms with Crippen molar-refractivity contribution >= 4 is 57.3 Å². The number of hydrogen-bond donors (Lipinski definition) is 1. The van der Waals surface area contributed by atoms with E-state index >= 15 is 0 Å². The lowest BCUT2D eigenvalue weighted by Gasteiger charge is -2.35. The summed E-state index contributed by atoms with van der Waals surface area (Å²) in [6, 6.07) is 17.2. The van der Waals surface area contributed by atoms with Crippen LogP contribution in [0.2, 0.25) is 0 Å². The largest absolute Gasteiger partial charge is 0.490 e. The smallest absolute Gasteiger partial charge is 0.331 e. The second-order valence-electron chi connectivity index (χ2n) is 9.52. The number of nitrogens with one attached hydrogen (secondary N) is 1. The van der Waals surface area contributed by atoms with Crippen LogP contribution in [0.5, 0.6) is 11.5 Å². The van der Waals surface area contributed by atoms with Crippen molar-refractivity contribution in [2.75, 3.05) is 6.61 Å². The lowest BCUT2D eigenvalue weighted by atomic mass is 9.93. The molecule has 1 heterocycles. The number of rotatable bonds is 7. The van der Waals surface area contributed by atoms with Gasteiger partial charge in [-0.25, -0.2) is 4.79 Å². The van der Waals surface area contributed by atoms with Crippen molar-refractivity contribution in [3.8, 4) is 11.5 Å². The zero-order valence-electron chi connectivity index (χ0n) is 21.2. The standard InChI is InChI=1S/C30H29IN2O5/c1-2-37-26-17-20(15-24-28(34)32-30(36)33(29(24)35)23-10-4-3-5-11-23)16-25(31)27(26)38-18-19-12-13-21-8-6-7-9-22(21)14-19/h6-9,12-17,23H,2-5,10-11,18H2,1H3,(H,32,34,36). The summed E-state index contributed by atoms with van der Waals surface area (Å²) in [7, 11) is 0. The number of urea groups is 1. The molecule has 2 fully saturated rings. The second-order valence-corrected chi connectivity index (χ2v) is 10.7. The van der Waals surface area contributed by atoms with Crippen LogP contribution in [-0.4, -0.2) is 35.4 Å². The Morgan fingerprint density at radius 3 is 2.50 bits per heavy atom. The molecule has 2 aliphatic rings. The van der Waals surface area contributed by atoms with Crippen molar-refractivity contribution in [1.29, 1.82) is 0 Å². The molecular weight excluding hydrogens is 595 g/mol. The summed E-state index contributed by atoms with van der Waals surface area (Å²) in [5.41, 5.74) is 1.59. The summed E-state index contributed by atoms with van der Waals surface area (Å²) in [5.74, 6) is -0.107. The average Bonchev–Trinajstić information content (AvgIpc) is 2.91. The highest BCUT2D eigenvalue weighted by atomic mass is 127. The summed E-state index contributed by atoms with van der Waals surface area (Å²) < 4.78 is 12.9. The summed E-state index contributed by atoms with van der Waals surface area (Å²) in [6.45, 7) is 2.67. The third-order valence-corrected chi connectivity index (χ3v) is 7.71. The molecule has 1 saturated heterocycles. The molecule has 0 atom stereocenters. The second kappa shape index (κ2) is 11.6. The first-order valence-corrected chi connectivity index (χ1v) is 14.0. The number of halogens is 1. The summed E-state index contributed by atoms with van der Waals surface area (Å²) in [5, 5.41) is 4.66. The van der Waals surface area contributed by atoms with Crippen molar-refractivity contribution in [1.82, 2.24) is 10.2 Å². The van der Waals surface area contributed by atoms with Gasteiger partial charge in [-0.15, -0.1) is 0 Å². The fraction of sp³-hybridized carbons (Fsp3) is 0.300. The lowest BCUT2D eigenvalue weighted by molar-refractivity contribution is -0.132.